The van der Waals surface area contributed by atoms with Gasteiger partial charge in [0, 0.05) is 13.6 Å². The van der Waals surface area contributed by atoms with E-state index in [1.54, 1.807) is 18.0 Å². The lowest BCUT2D eigenvalue weighted by molar-refractivity contribution is 0.0784. The Labute approximate surface area is 131 Å². The molecule has 0 spiro atoms. The fourth-order valence-electron chi connectivity index (χ4n) is 1.65. The summed E-state index contributed by atoms with van der Waals surface area (Å²) in [7, 11) is 1.71. The normalized spacial score (nSPS) is 10.2. The molecule has 0 fully saturated rings. The zero-order valence-electron chi connectivity index (χ0n) is 11.5. The van der Waals surface area contributed by atoms with Gasteiger partial charge in [-0.15, -0.1) is 10.2 Å². The van der Waals surface area contributed by atoms with Crippen molar-refractivity contribution in [3.63, 3.8) is 0 Å². The van der Waals surface area contributed by atoms with E-state index in [1.807, 2.05) is 24.3 Å². The van der Waals surface area contributed by atoms with E-state index >= 15 is 0 Å². The molecule has 7 heteroatoms. The highest BCUT2D eigenvalue weighted by Crippen LogP contribution is 2.18. The smallest absolute Gasteiger partial charge is 0.284 e. The number of rotatable bonds is 6. The summed E-state index contributed by atoms with van der Waals surface area (Å²) in [6, 6.07) is 7.54. The summed E-state index contributed by atoms with van der Waals surface area (Å²) in [4.78, 5) is 13.7. The summed E-state index contributed by atoms with van der Waals surface area (Å²) in [5.41, 5.74) is 0.993. The van der Waals surface area contributed by atoms with Gasteiger partial charge in [0.05, 0.1) is 0 Å². The minimum atomic E-state index is -0.202. The van der Waals surface area contributed by atoms with E-state index in [9.17, 15) is 4.79 Å². The standard InChI is InChI=1S/C14H14ClN3O2S/c1-3-8-20-11-6-4-10(5-7-11)9-18(2)13(19)12-16-17-14(15)21-12/h3-7H,1,8-9H2,2H3. The third kappa shape index (κ3) is 4.27. The molecular formula is C14H14ClN3O2S. The highest BCUT2D eigenvalue weighted by molar-refractivity contribution is 7.17. The van der Waals surface area contributed by atoms with Gasteiger partial charge in [0.1, 0.15) is 12.4 Å². The molecule has 1 heterocycles. The topological polar surface area (TPSA) is 55.3 Å². The fraction of sp³-hybridized carbons (Fsp3) is 0.214. The van der Waals surface area contributed by atoms with Crippen LogP contribution >= 0.6 is 22.9 Å². The molecule has 2 rings (SSSR count). The number of aromatic nitrogens is 2. The molecule has 0 bridgehead atoms. The second-order valence-corrected chi connectivity index (χ2v) is 5.82. The quantitative estimate of drug-likeness (QED) is 0.767. The van der Waals surface area contributed by atoms with E-state index in [-0.39, 0.29) is 15.4 Å². The van der Waals surface area contributed by atoms with Crippen LogP contribution in [0.5, 0.6) is 5.75 Å². The Morgan fingerprint density at radius 2 is 2.14 bits per heavy atom. The summed E-state index contributed by atoms with van der Waals surface area (Å²) < 4.78 is 5.66. The first kappa shape index (κ1) is 15.5. The van der Waals surface area contributed by atoms with Gasteiger partial charge >= 0.3 is 0 Å². The lowest BCUT2D eigenvalue weighted by atomic mass is 10.2. The summed E-state index contributed by atoms with van der Waals surface area (Å²) in [6.07, 6.45) is 1.69. The van der Waals surface area contributed by atoms with Gasteiger partial charge in [-0.3, -0.25) is 4.79 Å². The lowest BCUT2D eigenvalue weighted by Gasteiger charge is -2.15. The minimum Gasteiger partial charge on any atom is -0.490 e. The lowest BCUT2D eigenvalue weighted by Crippen LogP contribution is -2.26. The SMILES string of the molecule is C=CCOc1ccc(CN(C)C(=O)c2nnc(Cl)s2)cc1. The average Bonchev–Trinajstić information content (AvgIpc) is 2.92. The first-order chi connectivity index (χ1) is 10.1. The Morgan fingerprint density at radius 1 is 1.43 bits per heavy atom. The molecule has 0 aliphatic carbocycles. The van der Waals surface area contributed by atoms with Gasteiger partial charge in [-0.2, -0.15) is 0 Å². The molecule has 0 radical (unpaired) electrons. The van der Waals surface area contributed by atoms with Crippen LogP contribution in [0.15, 0.2) is 36.9 Å². The summed E-state index contributed by atoms with van der Waals surface area (Å²) in [6.45, 7) is 4.53. The molecular weight excluding hydrogens is 310 g/mol. The molecule has 0 saturated heterocycles. The summed E-state index contributed by atoms with van der Waals surface area (Å²) in [5.74, 6) is 0.565. The van der Waals surface area contributed by atoms with Crippen LogP contribution in [0.2, 0.25) is 4.47 Å². The monoisotopic (exact) mass is 323 g/mol. The predicted octanol–water partition coefficient (Wildman–Crippen LogP) is 3.03. The van der Waals surface area contributed by atoms with Crippen molar-refractivity contribution in [1.82, 2.24) is 15.1 Å². The van der Waals surface area contributed by atoms with E-state index < -0.39 is 0 Å². The van der Waals surface area contributed by atoms with Crippen molar-refractivity contribution in [2.24, 2.45) is 0 Å². The first-order valence-corrected chi connectivity index (χ1v) is 7.36. The molecule has 0 N–H and O–H groups in total. The van der Waals surface area contributed by atoms with Gasteiger partial charge in [-0.25, -0.2) is 0 Å². The van der Waals surface area contributed by atoms with Crippen molar-refractivity contribution in [2.75, 3.05) is 13.7 Å². The number of carbonyl (C=O) groups is 1. The Hall–Kier alpha value is -1.92. The van der Waals surface area contributed by atoms with Gasteiger partial charge in [0.25, 0.3) is 5.91 Å². The van der Waals surface area contributed by atoms with E-state index in [4.69, 9.17) is 16.3 Å². The van der Waals surface area contributed by atoms with Crippen LogP contribution in [0.3, 0.4) is 0 Å². The maximum atomic E-state index is 12.1. The number of amides is 1. The molecule has 0 unspecified atom stereocenters. The molecule has 5 nitrogen and oxygen atoms in total. The van der Waals surface area contributed by atoms with Crippen LogP contribution in [0, 0.1) is 0 Å². The Morgan fingerprint density at radius 3 is 2.71 bits per heavy atom. The zero-order chi connectivity index (χ0) is 15.2. The molecule has 110 valence electrons. The van der Waals surface area contributed by atoms with Crippen LogP contribution in [0.1, 0.15) is 15.4 Å². The minimum absolute atomic E-state index is 0.202. The number of hydrogen-bond donors (Lipinski definition) is 0. The number of nitrogens with zero attached hydrogens (tertiary/aromatic N) is 3. The maximum Gasteiger partial charge on any atom is 0.284 e. The van der Waals surface area contributed by atoms with Crippen LogP contribution in [0.25, 0.3) is 0 Å². The Kier molecular flexibility index (Phi) is 5.30. The van der Waals surface area contributed by atoms with Crippen molar-refractivity contribution < 1.29 is 9.53 Å². The van der Waals surface area contributed by atoms with E-state index in [1.165, 1.54) is 0 Å². The van der Waals surface area contributed by atoms with E-state index in [0.29, 0.717) is 13.2 Å². The van der Waals surface area contributed by atoms with E-state index in [2.05, 4.69) is 16.8 Å². The average molecular weight is 324 g/mol. The second-order valence-electron chi connectivity index (χ2n) is 4.27. The molecule has 1 aromatic carbocycles. The van der Waals surface area contributed by atoms with Crippen molar-refractivity contribution in [1.29, 1.82) is 0 Å². The Bertz CT molecular complexity index is 627. The molecule has 0 aliphatic heterocycles. The van der Waals surface area contributed by atoms with Crippen LogP contribution in [-0.4, -0.2) is 34.7 Å². The number of halogens is 1. The Balaban J connectivity index is 1.97. The van der Waals surface area contributed by atoms with Gasteiger partial charge in [0.2, 0.25) is 9.47 Å². The largest absolute Gasteiger partial charge is 0.490 e. The highest BCUT2D eigenvalue weighted by atomic mass is 35.5. The highest BCUT2D eigenvalue weighted by Gasteiger charge is 2.16. The van der Waals surface area contributed by atoms with Gasteiger partial charge in [-0.1, -0.05) is 36.1 Å². The number of benzene rings is 1. The summed E-state index contributed by atoms with van der Waals surface area (Å²) >= 11 is 6.75. The van der Waals surface area contributed by atoms with Gasteiger partial charge in [0.15, 0.2) is 0 Å². The number of ether oxygens (including phenoxy) is 1. The maximum absolute atomic E-state index is 12.1. The van der Waals surface area contributed by atoms with Gasteiger partial charge in [-0.05, 0) is 29.3 Å². The number of carbonyl (C=O) groups excluding carboxylic acids is 1. The van der Waals surface area contributed by atoms with Crippen LogP contribution < -0.4 is 4.74 Å². The number of hydrogen-bond acceptors (Lipinski definition) is 5. The van der Waals surface area contributed by atoms with Crippen molar-refractivity contribution in [2.45, 2.75) is 6.54 Å². The van der Waals surface area contributed by atoms with Crippen LogP contribution in [-0.2, 0) is 6.54 Å². The molecule has 0 atom stereocenters. The predicted molar refractivity (Wildman–Crippen MR) is 82.9 cm³/mol. The van der Waals surface area contributed by atoms with E-state index in [0.717, 1.165) is 22.6 Å². The zero-order valence-corrected chi connectivity index (χ0v) is 13.0. The first-order valence-electron chi connectivity index (χ1n) is 6.17. The van der Waals surface area contributed by atoms with Crippen molar-refractivity contribution >= 4 is 28.8 Å². The van der Waals surface area contributed by atoms with Gasteiger partial charge < -0.3 is 9.64 Å². The second kappa shape index (κ2) is 7.19. The van der Waals surface area contributed by atoms with Crippen LogP contribution in [0.4, 0.5) is 0 Å². The molecule has 2 aromatic rings. The molecule has 21 heavy (non-hydrogen) atoms. The third-order valence-electron chi connectivity index (χ3n) is 2.64. The van der Waals surface area contributed by atoms with Crippen molar-refractivity contribution in [3.05, 3.63) is 52.0 Å². The molecule has 0 saturated carbocycles. The molecule has 1 aromatic heterocycles. The molecule has 1 amide bonds. The van der Waals surface area contributed by atoms with Crippen molar-refractivity contribution in [3.8, 4) is 5.75 Å². The summed E-state index contributed by atoms with van der Waals surface area (Å²) in [5, 5.41) is 7.66. The fourth-order valence-corrected chi connectivity index (χ4v) is 2.47. The third-order valence-corrected chi connectivity index (χ3v) is 3.65. The molecule has 0 aliphatic rings.